The molecule has 0 fully saturated rings. The van der Waals surface area contributed by atoms with Gasteiger partial charge in [0.05, 0.1) is 0 Å². The van der Waals surface area contributed by atoms with Crippen molar-refractivity contribution >= 4 is 13.8 Å². The summed E-state index contributed by atoms with van der Waals surface area (Å²) in [6, 6.07) is 0. The van der Waals surface area contributed by atoms with Crippen molar-refractivity contribution in [1.82, 2.24) is 10.2 Å². The number of rotatable bonds is 21. The molecule has 0 aromatic heterocycles. The molecule has 0 rings (SSSR count). The molecule has 0 unspecified atom stereocenters. The second-order valence-electron chi connectivity index (χ2n) is 8.51. The maximum Gasteiger partial charge on any atom is 0.496 e. The van der Waals surface area contributed by atoms with E-state index >= 15 is 0 Å². The van der Waals surface area contributed by atoms with Gasteiger partial charge in [-0.2, -0.15) is 0 Å². The number of hydrogen-bond donors (Lipinski definition) is 2. The van der Waals surface area contributed by atoms with Crippen LogP contribution in [0.15, 0.2) is 0 Å². The van der Waals surface area contributed by atoms with Crippen LogP contribution in [0.1, 0.15) is 118 Å². The van der Waals surface area contributed by atoms with E-state index in [-0.39, 0.29) is 7.33 Å². The zero-order chi connectivity index (χ0) is 23.6. The topological polar surface area (TPSA) is 95.9 Å². The first kappa shape index (κ1) is 32.4. The van der Waals surface area contributed by atoms with Crippen molar-refractivity contribution in [2.75, 3.05) is 27.2 Å². The average molecular weight is 467 g/mol. The summed E-state index contributed by atoms with van der Waals surface area (Å²) in [6.45, 7) is 4.14. The molecule has 0 aliphatic rings. The Morgan fingerprint density at radius 1 is 0.806 bits per heavy atom. The highest BCUT2D eigenvalue weighted by Gasteiger charge is 2.01. The summed E-state index contributed by atoms with van der Waals surface area (Å²) < 4.78 is 20.6. The summed E-state index contributed by atoms with van der Waals surface area (Å²) >= 11 is 0. The average Bonchev–Trinajstić information content (AvgIpc) is 2.74. The van der Waals surface area contributed by atoms with Crippen LogP contribution in [-0.2, 0) is 18.6 Å². The summed E-state index contributed by atoms with van der Waals surface area (Å²) in [6.07, 6.45) is 22.3. The van der Waals surface area contributed by atoms with E-state index in [1.807, 2.05) is 0 Å². The van der Waals surface area contributed by atoms with Gasteiger partial charge in [-0.15, -0.1) is 4.67 Å². The molecule has 0 aliphatic carbocycles. The molecule has 0 atom stereocenters. The minimum atomic E-state index is -3.04. The van der Waals surface area contributed by atoms with Crippen molar-refractivity contribution < 1.29 is 25.3 Å². The fourth-order valence-corrected chi connectivity index (χ4v) is 3.37. The lowest BCUT2D eigenvalue weighted by molar-refractivity contribution is -0.132. The molecule has 1 amide bonds. The predicted molar refractivity (Wildman–Crippen MR) is 130 cm³/mol. The van der Waals surface area contributed by atoms with Gasteiger partial charge in [0.15, 0.2) is 0 Å². The van der Waals surface area contributed by atoms with Crippen molar-refractivity contribution in [1.29, 1.82) is 0 Å². The molecule has 8 heteroatoms. The number of nitrogens with zero attached hydrogens (tertiary/aromatic N) is 1. The largest absolute Gasteiger partial charge is 0.496 e. The highest BCUT2D eigenvalue weighted by Crippen LogP contribution is 2.13. The molecular formula is C23H51N2O5P. The number of amides is 1. The summed E-state index contributed by atoms with van der Waals surface area (Å²) in [5.41, 5.74) is 0. The first-order chi connectivity index (χ1) is 14.9. The van der Waals surface area contributed by atoms with Crippen molar-refractivity contribution in [3.05, 3.63) is 0 Å². The second kappa shape index (κ2) is 27.3. The number of hydrogen-bond acceptors (Lipinski definition) is 6. The highest BCUT2D eigenvalue weighted by atomic mass is 31.1. The molecule has 7 nitrogen and oxygen atoms in total. The van der Waals surface area contributed by atoms with Crippen molar-refractivity contribution in [3.8, 4) is 0 Å². The van der Waals surface area contributed by atoms with Gasteiger partial charge in [-0.05, 0) is 33.5 Å². The van der Waals surface area contributed by atoms with Crippen LogP contribution in [0.2, 0.25) is 0 Å². The summed E-state index contributed by atoms with van der Waals surface area (Å²) in [4.78, 5) is 13.9. The molecule has 0 spiro atoms. The summed E-state index contributed by atoms with van der Waals surface area (Å²) in [5.74, 6) is 0.235. The third kappa shape index (κ3) is 34.1. The Labute approximate surface area is 193 Å². The van der Waals surface area contributed by atoms with Gasteiger partial charge in [0.2, 0.25) is 5.91 Å². The number of carbonyl (C=O) groups is 1. The first-order valence-electron chi connectivity index (χ1n) is 12.3. The molecule has 0 saturated carbocycles. The predicted octanol–water partition coefficient (Wildman–Crippen LogP) is 7.13. The smallest absolute Gasteiger partial charge is 0.356 e. The van der Waals surface area contributed by atoms with E-state index in [1.54, 1.807) is 0 Å². The molecule has 0 radical (unpaired) electrons. The van der Waals surface area contributed by atoms with Gasteiger partial charge in [0.25, 0.3) is 0 Å². The van der Waals surface area contributed by atoms with E-state index in [0.717, 1.165) is 25.9 Å². The van der Waals surface area contributed by atoms with E-state index in [4.69, 9.17) is 14.4 Å². The van der Waals surface area contributed by atoms with Gasteiger partial charge in [-0.1, -0.05) is 96.8 Å². The maximum absolute atomic E-state index is 11.7. The monoisotopic (exact) mass is 466 g/mol. The molecule has 2 N–H and O–H groups in total. The van der Waals surface area contributed by atoms with Crippen LogP contribution >= 0.6 is 7.91 Å². The van der Waals surface area contributed by atoms with Crippen LogP contribution < -0.4 is 5.32 Å². The summed E-state index contributed by atoms with van der Waals surface area (Å²) in [5, 5.41) is 10.1. The fourth-order valence-electron chi connectivity index (χ4n) is 3.37. The van der Waals surface area contributed by atoms with Crippen LogP contribution in [0.3, 0.4) is 0 Å². The Hall–Kier alpha value is -0.750. The maximum atomic E-state index is 11.7. The van der Waals surface area contributed by atoms with E-state index in [2.05, 4.69) is 35.9 Å². The zero-order valence-electron chi connectivity index (χ0n) is 20.4. The van der Waals surface area contributed by atoms with Crippen molar-refractivity contribution in [3.63, 3.8) is 0 Å². The van der Waals surface area contributed by atoms with Gasteiger partial charge in [-0.3, -0.25) is 4.79 Å². The van der Waals surface area contributed by atoms with Crippen LogP contribution in [0.25, 0.3) is 0 Å². The lowest BCUT2D eigenvalue weighted by atomic mass is 10.0. The minimum absolute atomic E-state index is 0. The first-order valence-corrected chi connectivity index (χ1v) is 13.4. The van der Waals surface area contributed by atoms with Gasteiger partial charge >= 0.3 is 7.91 Å². The lowest BCUT2D eigenvalue weighted by Crippen LogP contribution is -2.26. The minimum Gasteiger partial charge on any atom is -0.356 e. The van der Waals surface area contributed by atoms with Gasteiger partial charge < -0.3 is 10.2 Å². The molecule has 0 aromatic carbocycles. The molecule has 0 aliphatic heterocycles. The van der Waals surface area contributed by atoms with E-state index < -0.39 is 7.91 Å². The molecule has 0 heterocycles. The van der Waals surface area contributed by atoms with E-state index in [0.29, 0.717) is 6.42 Å². The normalized spacial score (nSPS) is 10.6. The van der Waals surface area contributed by atoms with Crippen LogP contribution in [0, 0.1) is 0 Å². The highest BCUT2D eigenvalue weighted by molar-refractivity contribution is 7.24. The van der Waals surface area contributed by atoms with Crippen molar-refractivity contribution in [2.24, 2.45) is 0 Å². The Kier molecular flexibility index (Phi) is 28.5. The molecule has 0 aromatic rings. The standard InChI is InChI=1S/C23H48N2O.HO4P.H2/c1-4-5-6-7-8-9-10-11-12-13-14-15-16-17-18-20-23(26)24-21-19-22-25(2)3;1-4-5(2)3;/h4-22H2,1-3H3,(H,24,26);1H;1H. The number of nitrogens with one attached hydrogen (secondary N) is 1. The Morgan fingerprint density at radius 3 is 1.55 bits per heavy atom. The molecule has 31 heavy (non-hydrogen) atoms. The van der Waals surface area contributed by atoms with E-state index in [9.17, 15) is 4.79 Å². The Bertz CT molecular complexity index is 444. The fraction of sp³-hybridized carbons (Fsp3) is 0.957. The van der Waals surface area contributed by atoms with Gasteiger partial charge in [-0.25, -0.2) is 14.4 Å². The SMILES string of the molecule is CCCCCCCCCCCCCCCCCC(=O)NCCCN(C)C.O=P(=O)OO.[HH]. The Morgan fingerprint density at radius 2 is 1.19 bits per heavy atom. The van der Waals surface area contributed by atoms with Crippen LogP contribution in [0.5, 0.6) is 0 Å². The van der Waals surface area contributed by atoms with Gasteiger partial charge in [0.1, 0.15) is 0 Å². The summed E-state index contributed by atoms with van der Waals surface area (Å²) in [7, 11) is 1.09. The quantitative estimate of drug-likeness (QED) is 0.0808. The molecule has 188 valence electrons. The second-order valence-corrected chi connectivity index (χ2v) is 9.12. The third-order valence-electron chi connectivity index (χ3n) is 5.18. The lowest BCUT2D eigenvalue weighted by Gasteiger charge is -2.09. The Balaban J connectivity index is -0.00000125. The zero-order valence-corrected chi connectivity index (χ0v) is 21.3. The van der Waals surface area contributed by atoms with Crippen LogP contribution in [0.4, 0.5) is 0 Å². The van der Waals surface area contributed by atoms with Gasteiger partial charge in [0, 0.05) is 14.4 Å². The third-order valence-corrected chi connectivity index (χ3v) is 5.31. The molecular weight excluding hydrogens is 415 g/mol. The number of carbonyl (C=O) groups excluding carboxylic acids is 1. The van der Waals surface area contributed by atoms with E-state index in [1.165, 1.54) is 89.9 Å². The molecule has 0 bridgehead atoms. The van der Waals surface area contributed by atoms with Crippen molar-refractivity contribution in [2.45, 2.75) is 116 Å². The molecule has 0 saturated heterocycles. The number of unbranched alkanes of at least 4 members (excludes halogenated alkanes) is 14. The van der Waals surface area contributed by atoms with Crippen LogP contribution in [-0.4, -0.2) is 43.2 Å².